The summed E-state index contributed by atoms with van der Waals surface area (Å²) in [4.78, 5) is 0. The van der Waals surface area contributed by atoms with Gasteiger partial charge in [0.15, 0.2) is 5.75 Å². The Morgan fingerprint density at radius 1 is 1.32 bits per heavy atom. The second kappa shape index (κ2) is 6.05. The summed E-state index contributed by atoms with van der Waals surface area (Å²) in [5, 5.41) is 9.14. The Morgan fingerprint density at radius 2 is 2.11 bits per heavy atom. The molecule has 0 aliphatic heterocycles. The lowest BCUT2D eigenvalue weighted by Crippen LogP contribution is -1.97. The molecule has 96 valence electrons. The minimum absolute atomic E-state index is 0.196. The summed E-state index contributed by atoms with van der Waals surface area (Å²) in [6.07, 6.45) is 0. The first-order valence-electron chi connectivity index (χ1n) is 5.36. The van der Waals surface area contributed by atoms with Crippen LogP contribution in [0, 0.1) is 17.1 Å². The van der Waals surface area contributed by atoms with Crippen molar-refractivity contribution in [3.8, 4) is 11.8 Å². The standard InChI is InChI=1S/C14H8BrClFNO/c15-12-5-10(7-18)6-13(16)14(12)19-8-9-2-1-3-11(17)4-9/h1-6H,8H2. The smallest absolute Gasteiger partial charge is 0.152 e. The van der Waals surface area contributed by atoms with Crippen molar-refractivity contribution < 1.29 is 9.13 Å². The molecule has 2 rings (SSSR count). The molecule has 2 nitrogen and oxygen atoms in total. The van der Waals surface area contributed by atoms with Gasteiger partial charge in [-0.2, -0.15) is 5.26 Å². The summed E-state index contributed by atoms with van der Waals surface area (Å²) in [5.74, 6) is 0.121. The lowest BCUT2D eigenvalue weighted by Gasteiger charge is -2.10. The molecule has 0 aliphatic carbocycles. The van der Waals surface area contributed by atoms with Gasteiger partial charge < -0.3 is 4.74 Å². The zero-order valence-electron chi connectivity index (χ0n) is 9.66. The Balaban J connectivity index is 2.18. The van der Waals surface area contributed by atoms with Crippen molar-refractivity contribution in [2.24, 2.45) is 0 Å². The quantitative estimate of drug-likeness (QED) is 0.812. The van der Waals surface area contributed by atoms with Crippen LogP contribution in [-0.2, 0) is 6.61 Å². The third kappa shape index (κ3) is 3.46. The van der Waals surface area contributed by atoms with Crippen LogP contribution in [0.3, 0.4) is 0 Å². The first-order valence-corrected chi connectivity index (χ1v) is 6.53. The van der Waals surface area contributed by atoms with Crippen LogP contribution >= 0.6 is 27.5 Å². The monoisotopic (exact) mass is 339 g/mol. The summed E-state index contributed by atoms with van der Waals surface area (Å²) in [6, 6.07) is 11.3. The highest BCUT2D eigenvalue weighted by Gasteiger charge is 2.09. The van der Waals surface area contributed by atoms with Crippen LogP contribution in [0.1, 0.15) is 11.1 Å². The van der Waals surface area contributed by atoms with E-state index in [4.69, 9.17) is 21.6 Å². The van der Waals surface area contributed by atoms with E-state index in [1.165, 1.54) is 18.2 Å². The summed E-state index contributed by atoms with van der Waals surface area (Å²) >= 11 is 9.32. The maximum atomic E-state index is 13.0. The van der Waals surface area contributed by atoms with E-state index in [2.05, 4.69) is 15.9 Å². The van der Waals surface area contributed by atoms with Crippen molar-refractivity contribution in [2.75, 3.05) is 0 Å². The fourth-order valence-corrected chi connectivity index (χ4v) is 2.51. The van der Waals surface area contributed by atoms with Crippen molar-refractivity contribution in [2.45, 2.75) is 6.61 Å². The van der Waals surface area contributed by atoms with Gasteiger partial charge in [-0.25, -0.2) is 4.39 Å². The number of benzene rings is 2. The molecule has 5 heteroatoms. The van der Waals surface area contributed by atoms with Crippen LogP contribution in [0.15, 0.2) is 40.9 Å². The molecule has 2 aromatic rings. The van der Waals surface area contributed by atoms with E-state index in [1.54, 1.807) is 18.2 Å². The van der Waals surface area contributed by atoms with Crippen LogP contribution in [0.5, 0.6) is 5.75 Å². The molecule has 0 aromatic heterocycles. The fourth-order valence-electron chi connectivity index (χ4n) is 1.54. The van der Waals surface area contributed by atoms with E-state index >= 15 is 0 Å². The average molecular weight is 341 g/mol. The molecule has 0 atom stereocenters. The Kier molecular flexibility index (Phi) is 4.41. The molecule has 2 aromatic carbocycles. The van der Waals surface area contributed by atoms with Gasteiger partial charge in [-0.3, -0.25) is 0 Å². The van der Waals surface area contributed by atoms with Crippen molar-refractivity contribution in [3.05, 3.63) is 62.8 Å². The lowest BCUT2D eigenvalue weighted by molar-refractivity contribution is 0.304. The largest absolute Gasteiger partial charge is 0.486 e. The van der Waals surface area contributed by atoms with Crippen molar-refractivity contribution in [1.29, 1.82) is 5.26 Å². The fraction of sp³-hybridized carbons (Fsp3) is 0.0714. The number of nitriles is 1. The van der Waals surface area contributed by atoms with Gasteiger partial charge in [-0.15, -0.1) is 0 Å². The van der Waals surface area contributed by atoms with E-state index in [9.17, 15) is 4.39 Å². The molecule has 0 N–H and O–H groups in total. The number of ether oxygens (including phenoxy) is 1. The zero-order valence-corrected chi connectivity index (χ0v) is 12.0. The van der Waals surface area contributed by atoms with E-state index in [1.807, 2.05) is 6.07 Å². The van der Waals surface area contributed by atoms with Crippen LogP contribution in [0.2, 0.25) is 5.02 Å². The zero-order chi connectivity index (χ0) is 13.8. The van der Waals surface area contributed by atoms with E-state index in [-0.39, 0.29) is 12.4 Å². The Labute approximate surface area is 123 Å². The molecule has 0 spiro atoms. The topological polar surface area (TPSA) is 33.0 Å². The minimum atomic E-state index is -0.314. The molecule has 0 saturated heterocycles. The van der Waals surface area contributed by atoms with Crippen molar-refractivity contribution >= 4 is 27.5 Å². The average Bonchev–Trinajstić information content (AvgIpc) is 2.37. The molecule has 0 radical (unpaired) electrons. The number of rotatable bonds is 3. The van der Waals surface area contributed by atoms with E-state index < -0.39 is 0 Å². The SMILES string of the molecule is N#Cc1cc(Cl)c(OCc2cccc(F)c2)c(Br)c1. The molecule has 19 heavy (non-hydrogen) atoms. The molecule has 0 bridgehead atoms. The second-order valence-corrected chi connectivity index (χ2v) is 5.06. The van der Waals surface area contributed by atoms with Gasteiger partial charge in [-0.05, 0) is 45.8 Å². The van der Waals surface area contributed by atoms with Gasteiger partial charge in [-0.1, -0.05) is 23.7 Å². The van der Waals surface area contributed by atoms with Crippen LogP contribution in [0.25, 0.3) is 0 Å². The molecule has 0 heterocycles. The van der Waals surface area contributed by atoms with Gasteiger partial charge in [0.05, 0.1) is 21.1 Å². The molecule has 0 aliphatic rings. The molecular weight excluding hydrogens is 333 g/mol. The van der Waals surface area contributed by atoms with Crippen molar-refractivity contribution in [1.82, 2.24) is 0 Å². The molecular formula is C14H8BrClFNO. The lowest BCUT2D eigenvalue weighted by atomic mass is 10.2. The van der Waals surface area contributed by atoms with Gasteiger partial charge in [0.25, 0.3) is 0 Å². The van der Waals surface area contributed by atoms with Gasteiger partial charge in [0.2, 0.25) is 0 Å². The maximum absolute atomic E-state index is 13.0. The van der Waals surface area contributed by atoms with Crippen LogP contribution in [0.4, 0.5) is 4.39 Å². The highest BCUT2D eigenvalue weighted by atomic mass is 79.9. The second-order valence-electron chi connectivity index (χ2n) is 3.80. The van der Waals surface area contributed by atoms with Gasteiger partial charge >= 0.3 is 0 Å². The molecule has 0 fully saturated rings. The predicted molar refractivity (Wildman–Crippen MR) is 74.6 cm³/mol. The molecule has 0 unspecified atom stereocenters. The van der Waals surface area contributed by atoms with E-state index in [0.29, 0.717) is 26.4 Å². The Morgan fingerprint density at radius 3 is 2.74 bits per heavy atom. The van der Waals surface area contributed by atoms with Gasteiger partial charge in [0, 0.05) is 0 Å². The summed E-state index contributed by atoms with van der Waals surface area (Å²) < 4.78 is 19.2. The van der Waals surface area contributed by atoms with Crippen LogP contribution < -0.4 is 4.74 Å². The highest BCUT2D eigenvalue weighted by molar-refractivity contribution is 9.10. The first kappa shape index (κ1) is 13.9. The maximum Gasteiger partial charge on any atom is 0.152 e. The predicted octanol–water partition coefficient (Wildman–Crippen LogP) is 4.69. The highest BCUT2D eigenvalue weighted by Crippen LogP contribution is 2.34. The van der Waals surface area contributed by atoms with Crippen LogP contribution in [-0.4, -0.2) is 0 Å². The van der Waals surface area contributed by atoms with E-state index in [0.717, 1.165) is 0 Å². The number of hydrogen-bond donors (Lipinski definition) is 0. The number of halogens is 3. The first-order chi connectivity index (χ1) is 9.10. The minimum Gasteiger partial charge on any atom is -0.486 e. The number of nitrogens with zero attached hydrogens (tertiary/aromatic N) is 1. The normalized spacial score (nSPS) is 10.0. The summed E-state index contributed by atoms with van der Waals surface area (Å²) in [5.41, 5.74) is 1.14. The van der Waals surface area contributed by atoms with Gasteiger partial charge in [0.1, 0.15) is 12.4 Å². The third-order valence-corrected chi connectivity index (χ3v) is 3.27. The molecule has 0 saturated carbocycles. The third-order valence-electron chi connectivity index (χ3n) is 2.40. The summed E-state index contributed by atoms with van der Waals surface area (Å²) in [6.45, 7) is 0.196. The summed E-state index contributed by atoms with van der Waals surface area (Å²) in [7, 11) is 0. The number of hydrogen-bond acceptors (Lipinski definition) is 2. The Bertz CT molecular complexity index is 631. The molecule has 0 amide bonds. The Hall–Kier alpha value is -1.57. The van der Waals surface area contributed by atoms with Crippen molar-refractivity contribution in [3.63, 3.8) is 0 Å².